The average Bonchev–Trinajstić information content (AvgIpc) is 2.59. The maximum absolute atomic E-state index is 5.67. The summed E-state index contributed by atoms with van der Waals surface area (Å²) in [5, 5.41) is 6.77. The van der Waals surface area contributed by atoms with Crippen LogP contribution in [0.1, 0.15) is 46.1 Å². The second-order valence-corrected chi connectivity index (χ2v) is 6.52. The van der Waals surface area contributed by atoms with E-state index in [0.717, 1.165) is 24.5 Å². The Balaban J connectivity index is 2.67. The van der Waals surface area contributed by atoms with E-state index >= 15 is 0 Å². The van der Waals surface area contributed by atoms with Gasteiger partial charge < -0.3 is 20.1 Å². The van der Waals surface area contributed by atoms with Crippen LogP contribution in [0.5, 0.6) is 5.88 Å². The SMILES string of the molecule is CCNC(=NCc1cccnc1OCCOC)NC(C)CCC(C)C. The van der Waals surface area contributed by atoms with E-state index in [-0.39, 0.29) is 0 Å². The molecule has 0 spiro atoms. The van der Waals surface area contributed by atoms with E-state index in [1.165, 1.54) is 6.42 Å². The number of nitrogens with zero attached hydrogens (tertiary/aromatic N) is 2. The van der Waals surface area contributed by atoms with Gasteiger partial charge in [0.25, 0.3) is 0 Å². The van der Waals surface area contributed by atoms with Gasteiger partial charge in [0.1, 0.15) is 6.61 Å². The van der Waals surface area contributed by atoms with Gasteiger partial charge in [0.15, 0.2) is 5.96 Å². The number of methoxy groups -OCH3 is 1. The van der Waals surface area contributed by atoms with Crippen molar-refractivity contribution in [3.05, 3.63) is 23.9 Å². The first kappa shape index (κ1) is 21.2. The summed E-state index contributed by atoms with van der Waals surface area (Å²) >= 11 is 0. The Morgan fingerprint density at radius 3 is 2.72 bits per heavy atom. The van der Waals surface area contributed by atoms with Gasteiger partial charge in [0.2, 0.25) is 5.88 Å². The molecule has 6 nitrogen and oxygen atoms in total. The van der Waals surface area contributed by atoms with E-state index in [1.807, 2.05) is 12.1 Å². The summed E-state index contributed by atoms with van der Waals surface area (Å²) in [4.78, 5) is 8.98. The predicted molar refractivity (Wildman–Crippen MR) is 103 cm³/mol. The fourth-order valence-electron chi connectivity index (χ4n) is 2.27. The molecule has 0 aliphatic heterocycles. The molecule has 1 atom stereocenters. The fourth-order valence-corrected chi connectivity index (χ4v) is 2.27. The molecule has 0 bridgehead atoms. The lowest BCUT2D eigenvalue weighted by atomic mass is 10.0. The molecule has 0 amide bonds. The number of aliphatic imine (C=N–C) groups is 1. The van der Waals surface area contributed by atoms with Crippen molar-refractivity contribution in [3.63, 3.8) is 0 Å². The van der Waals surface area contributed by atoms with Crippen molar-refractivity contribution in [2.45, 2.75) is 53.1 Å². The third-order valence-electron chi connectivity index (χ3n) is 3.69. The van der Waals surface area contributed by atoms with Crippen molar-refractivity contribution in [3.8, 4) is 5.88 Å². The Morgan fingerprint density at radius 2 is 2.04 bits per heavy atom. The zero-order valence-electron chi connectivity index (χ0n) is 16.3. The second-order valence-electron chi connectivity index (χ2n) is 6.52. The first-order valence-electron chi connectivity index (χ1n) is 9.17. The van der Waals surface area contributed by atoms with Crippen LogP contribution in [0.3, 0.4) is 0 Å². The molecular formula is C19H34N4O2. The second kappa shape index (κ2) is 12.5. The van der Waals surface area contributed by atoms with Crippen LogP contribution in [0.2, 0.25) is 0 Å². The van der Waals surface area contributed by atoms with Gasteiger partial charge in [0, 0.05) is 31.5 Å². The molecule has 1 rings (SSSR count). The quantitative estimate of drug-likeness (QED) is 0.365. The minimum atomic E-state index is 0.381. The number of hydrogen-bond donors (Lipinski definition) is 2. The molecule has 0 fully saturated rings. The van der Waals surface area contributed by atoms with Crippen molar-refractivity contribution in [1.29, 1.82) is 0 Å². The Labute approximate surface area is 152 Å². The molecule has 1 aromatic rings. The molecule has 0 saturated heterocycles. The van der Waals surface area contributed by atoms with Crippen LogP contribution in [-0.2, 0) is 11.3 Å². The zero-order chi connectivity index (χ0) is 18.5. The number of pyridine rings is 1. The molecule has 1 aromatic heterocycles. The molecule has 0 aliphatic rings. The van der Waals surface area contributed by atoms with E-state index in [1.54, 1.807) is 13.3 Å². The maximum Gasteiger partial charge on any atom is 0.218 e. The van der Waals surface area contributed by atoms with Crippen LogP contribution in [0, 0.1) is 5.92 Å². The summed E-state index contributed by atoms with van der Waals surface area (Å²) in [6, 6.07) is 4.27. The van der Waals surface area contributed by atoms with Gasteiger partial charge in [-0.05, 0) is 38.7 Å². The summed E-state index contributed by atoms with van der Waals surface area (Å²) in [6.45, 7) is 11.1. The monoisotopic (exact) mass is 350 g/mol. The smallest absolute Gasteiger partial charge is 0.218 e. The highest BCUT2D eigenvalue weighted by atomic mass is 16.5. The number of ether oxygens (including phenoxy) is 2. The van der Waals surface area contributed by atoms with Gasteiger partial charge in [-0.3, -0.25) is 0 Å². The molecule has 0 aliphatic carbocycles. The summed E-state index contributed by atoms with van der Waals surface area (Å²) < 4.78 is 10.7. The Bertz CT molecular complexity index is 506. The normalized spacial score (nSPS) is 13.0. The lowest BCUT2D eigenvalue weighted by Gasteiger charge is -2.18. The Kier molecular flexibility index (Phi) is 10.6. The van der Waals surface area contributed by atoms with Crippen LogP contribution >= 0.6 is 0 Å². The number of nitrogens with one attached hydrogen (secondary N) is 2. The van der Waals surface area contributed by atoms with Crippen LogP contribution in [0.25, 0.3) is 0 Å². The minimum Gasteiger partial charge on any atom is -0.475 e. The summed E-state index contributed by atoms with van der Waals surface area (Å²) in [5.41, 5.74) is 0.964. The molecule has 1 unspecified atom stereocenters. The van der Waals surface area contributed by atoms with Gasteiger partial charge in [-0.25, -0.2) is 9.98 Å². The third-order valence-corrected chi connectivity index (χ3v) is 3.69. The van der Waals surface area contributed by atoms with Gasteiger partial charge >= 0.3 is 0 Å². The predicted octanol–water partition coefficient (Wildman–Crippen LogP) is 2.99. The molecule has 6 heteroatoms. The van der Waals surface area contributed by atoms with E-state index in [0.29, 0.717) is 37.6 Å². The summed E-state index contributed by atoms with van der Waals surface area (Å²) in [7, 11) is 1.65. The van der Waals surface area contributed by atoms with Gasteiger partial charge in [-0.15, -0.1) is 0 Å². The van der Waals surface area contributed by atoms with Crippen LogP contribution in [0.4, 0.5) is 0 Å². The van der Waals surface area contributed by atoms with E-state index < -0.39 is 0 Å². The van der Waals surface area contributed by atoms with Crippen molar-refractivity contribution in [1.82, 2.24) is 15.6 Å². The van der Waals surface area contributed by atoms with Crippen molar-refractivity contribution in [2.75, 3.05) is 26.9 Å². The van der Waals surface area contributed by atoms with Crippen molar-refractivity contribution >= 4 is 5.96 Å². The maximum atomic E-state index is 5.67. The third kappa shape index (κ3) is 9.29. The number of aromatic nitrogens is 1. The van der Waals surface area contributed by atoms with Crippen molar-refractivity contribution in [2.24, 2.45) is 10.9 Å². The highest BCUT2D eigenvalue weighted by Gasteiger charge is 2.08. The fraction of sp³-hybridized carbons (Fsp3) is 0.684. The van der Waals surface area contributed by atoms with E-state index in [9.17, 15) is 0 Å². The standard InChI is InChI=1S/C19H34N4O2/c1-6-20-19(23-16(4)10-9-15(2)3)22-14-17-8-7-11-21-18(17)25-13-12-24-5/h7-8,11,15-16H,6,9-10,12-14H2,1-5H3,(H2,20,22,23). The number of hydrogen-bond acceptors (Lipinski definition) is 4. The van der Waals surface area contributed by atoms with Gasteiger partial charge in [-0.2, -0.15) is 0 Å². The topological polar surface area (TPSA) is 67.8 Å². The van der Waals surface area contributed by atoms with Crippen LogP contribution in [-0.4, -0.2) is 43.9 Å². The molecule has 1 heterocycles. The van der Waals surface area contributed by atoms with Gasteiger partial charge in [-0.1, -0.05) is 19.9 Å². The largest absolute Gasteiger partial charge is 0.475 e. The molecule has 0 radical (unpaired) electrons. The Hall–Kier alpha value is -1.82. The highest BCUT2D eigenvalue weighted by Crippen LogP contribution is 2.15. The molecule has 142 valence electrons. The summed E-state index contributed by atoms with van der Waals surface area (Å²) in [6.07, 6.45) is 4.06. The molecular weight excluding hydrogens is 316 g/mol. The average molecular weight is 351 g/mol. The van der Waals surface area contributed by atoms with Crippen molar-refractivity contribution < 1.29 is 9.47 Å². The molecule has 25 heavy (non-hydrogen) atoms. The van der Waals surface area contributed by atoms with E-state index in [2.05, 4.69) is 48.3 Å². The first-order valence-corrected chi connectivity index (χ1v) is 9.17. The minimum absolute atomic E-state index is 0.381. The lowest BCUT2D eigenvalue weighted by molar-refractivity contribution is 0.143. The molecule has 0 aromatic carbocycles. The molecule has 2 N–H and O–H groups in total. The summed E-state index contributed by atoms with van der Waals surface area (Å²) in [5.74, 6) is 2.16. The highest BCUT2D eigenvalue weighted by molar-refractivity contribution is 5.80. The number of guanidine groups is 1. The zero-order valence-corrected chi connectivity index (χ0v) is 16.3. The number of rotatable bonds is 11. The first-order chi connectivity index (χ1) is 12.1. The van der Waals surface area contributed by atoms with Crippen LogP contribution in [0.15, 0.2) is 23.3 Å². The van der Waals surface area contributed by atoms with E-state index in [4.69, 9.17) is 9.47 Å². The van der Waals surface area contributed by atoms with Crippen LogP contribution < -0.4 is 15.4 Å². The lowest BCUT2D eigenvalue weighted by Crippen LogP contribution is -2.42. The molecule has 0 saturated carbocycles. The van der Waals surface area contributed by atoms with Gasteiger partial charge in [0.05, 0.1) is 13.2 Å². The Morgan fingerprint density at radius 1 is 1.24 bits per heavy atom.